The fourth-order valence-corrected chi connectivity index (χ4v) is 0.939. The number of aryl methyl sites for hydroxylation is 1. The van der Waals surface area contributed by atoms with Gasteiger partial charge in [-0.3, -0.25) is 0 Å². The molecular formula is C8H12N2O2. The Morgan fingerprint density at radius 1 is 1.58 bits per heavy atom. The third-order valence-electron chi connectivity index (χ3n) is 1.50. The predicted octanol–water partition coefficient (Wildman–Crippen LogP) is 0.348. The van der Waals surface area contributed by atoms with Gasteiger partial charge < -0.3 is 15.6 Å². The Balaban J connectivity index is 3.06. The highest BCUT2D eigenvalue weighted by Crippen LogP contribution is 2.15. The maximum absolute atomic E-state index is 9.06. The van der Waals surface area contributed by atoms with E-state index in [0.717, 1.165) is 5.69 Å². The maximum atomic E-state index is 9.06. The van der Waals surface area contributed by atoms with Crippen LogP contribution in [0.15, 0.2) is 12.1 Å². The SMILES string of the molecule is COc1cc(C(N)O)cc(C)n1. The molecule has 0 aliphatic rings. The van der Waals surface area contributed by atoms with Crippen LogP contribution in [0.3, 0.4) is 0 Å². The smallest absolute Gasteiger partial charge is 0.213 e. The second-order valence-electron chi connectivity index (χ2n) is 2.53. The molecule has 0 amide bonds. The van der Waals surface area contributed by atoms with Crippen LogP contribution in [-0.2, 0) is 0 Å². The molecule has 0 saturated heterocycles. The molecule has 1 aromatic rings. The highest BCUT2D eigenvalue weighted by molar-refractivity contribution is 5.25. The van der Waals surface area contributed by atoms with Gasteiger partial charge >= 0.3 is 0 Å². The summed E-state index contributed by atoms with van der Waals surface area (Å²) < 4.78 is 4.91. The Hall–Kier alpha value is -1.13. The van der Waals surface area contributed by atoms with Crippen LogP contribution < -0.4 is 10.5 Å². The number of pyridine rings is 1. The second-order valence-corrected chi connectivity index (χ2v) is 2.53. The van der Waals surface area contributed by atoms with Crippen LogP contribution in [0.5, 0.6) is 5.88 Å². The Kier molecular flexibility index (Phi) is 2.62. The van der Waals surface area contributed by atoms with Gasteiger partial charge in [0.15, 0.2) is 0 Å². The lowest BCUT2D eigenvalue weighted by molar-refractivity contribution is 0.185. The summed E-state index contributed by atoms with van der Waals surface area (Å²) in [6, 6.07) is 3.32. The standard InChI is InChI=1S/C8H12N2O2/c1-5-3-6(8(9)11)4-7(10-5)12-2/h3-4,8,11H,9H2,1-2H3. The van der Waals surface area contributed by atoms with Gasteiger partial charge in [0.05, 0.1) is 7.11 Å². The predicted molar refractivity (Wildman–Crippen MR) is 44.7 cm³/mol. The van der Waals surface area contributed by atoms with Crippen molar-refractivity contribution in [2.45, 2.75) is 13.2 Å². The number of aliphatic hydroxyl groups is 1. The Labute approximate surface area is 71.0 Å². The third kappa shape index (κ3) is 1.93. The first-order chi connectivity index (χ1) is 5.63. The molecule has 1 atom stereocenters. The molecule has 0 fully saturated rings. The third-order valence-corrected chi connectivity index (χ3v) is 1.50. The molecule has 0 aliphatic heterocycles. The molecule has 0 aliphatic carbocycles. The van der Waals surface area contributed by atoms with Gasteiger partial charge in [0, 0.05) is 17.3 Å². The molecule has 1 unspecified atom stereocenters. The first-order valence-corrected chi connectivity index (χ1v) is 3.59. The fraction of sp³-hybridized carbons (Fsp3) is 0.375. The molecular weight excluding hydrogens is 156 g/mol. The van der Waals surface area contributed by atoms with E-state index in [1.165, 1.54) is 7.11 Å². The molecule has 0 bridgehead atoms. The van der Waals surface area contributed by atoms with Crippen molar-refractivity contribution in [3.8, 4) is 5.88 Å². The topological polar surface area (TPSA) is 68.4 Å². The van der Waals surface area contributed by atoms with Crippen LogP contribution >= 0.6 is 0 Å². The molecule has 66 valence electrons. The zero-order chi connectivity index (χ0) is 9.14. The van der Waals surface area contributed by atoms with Gasteiger partial charge in [0.25, 0.3) is 0 Å². The molecule has 4 nitrogen and oxygen atoms in total. The van der Waals surface area contributed by atoms with E-state index >= 15 is 0 Å². The molecule has 0 aromatic carbocycles. The summed E-state index contributed by atoms with van der Waals surface area (Å²) >= 11 is 0. The van der Waals surface area contributed by atoms with E-state index in [-0.39, 0.29) is 0 Å². The molecule has 1 aromatic heterocycles. The average Bonchev–Trinajstić information content (AvgIpc) is 2.03. The van der Waals surface area contributed by atoms with Crippen LogP contribution in [-0.4, -0.2) is 17.2 Å². The first-order valence-electron chi connectivity index (χ1n) is 3.59. The Morgan fingerprint density at radius 3 is 2.75 bits per heavy atom. The van der Waals surface area contributed by atoms with Crippen molar-refractivity contribution in [1.29, 1.82) is 0 Å². The molecule has 0 saturated carbocycles. The van der Waals surface area contributed by atoms with Gasteiger partial charge in [-0.1, -0.05) is 0 Å². The number of rotatable bonds is 2. The lowest BCUT2D eigenvalue weighted by Gasteiger charge is -2.07. The highest BCUT2D eigenvalue weighted by atomic mass is 16.5. The fourth-order valence-electron chi connectivity index (χ4n) is 0.939. The summed E-state index contributed by atoms with van der Waals surface area (Å²) in [6.07, 6.45) is -0.972. The van der Waals surface area contributed by atoms with Crippen molar-refractivity contribution in [2.75, 3.05) is 7.11 Å². The minimum Gasteiger partial charge on any atom is -0.481 e. The van der Waals surface area contributed by atoms with Crippen molar-refractivity contribution in [1.82, 2.24) is 4.98 Å². The number of aromatic nitrogens is 1. The molecule has 1 heterocycles. The average molecular weight is 168 g/mol. The summed E-state index contributed by atoms with van der Waals surface area (Å²) in [5, 5.41) is 9.06. The minimum atomic E-state index is -0.972. The number of aliphatic hydroxyl groups excluding tert-OH is 1. The van der Waals surface area contributed by atoms with Crippen molar-refractivity contribution >= 4 is 0 Å². The molecule has 4 heteroatoms. The lowest BCUT2D eigenvalue weighted by Crippen LogP contribution is -2.09. The van der Waals surface area contributed by atoms with E-state index in [2.05, 4.69) is 4.98 Å². The van der Waals surface area contributed by atoms with Gasteiger partial charge in [-0.15, -0.1) is 0 Å². The van der Waals surface area contributed by atoms with E-state index in [4.69, 9.17) is 15.6 Å². The molecule has 3 N–H and O–H groups in total. The van der Waals surface area contributed by atoms with Crippen molar-refractivity contribution in [3.05, 3.63) is 23.4 Å². The summed E-state index contributed by atoms with van der Waals surface area (Å²) in [5.74, 6) is 0.467. The van der Waals surface area contributed by atoms with Crippen molar-refractivity contribution in [3.63, 3.8) is 0 Å². The van der Waals surface area contributed by atoms with Crippen LogP contribution in [0.2, 0.25) is 0 Å². The zero-order valence-corrected chi connectivity index (χ0v) is 7.11. The molecule has 1 rings (SSSR count). The quantitative estimate of drug-likeness (QED) is 0.625. The van der Waals surface area contributed by atoms with E-state index in [0.29, 0.717) is 11.4 Å². The number of hydrogen-bond acceptors (Lipinski definition) is 4. The summed E-state index contributed by atoms with van der Waals surface area (Å²) in [6.45, 7) is 1.81. The molecule has 12 heavy (non-hydrogen) atoms. The number of nitrogens with zero attached hydrogens (tertiary/aromatic N) is 1. The van der Waals surface area contributed by atoms with Crippen molar-refractivity contribution < 1.29 is 9.84 Å². The maximum Gasteiger partial charge on any atom is 0.213 e. The first kappa shape index (κ1) is 8.96. The van der Waals surface area contributed by atoms with Crippen LogP contribution in [0.25, 0.3) is 0 Å². The van der Waals surface area contributed by atoms with Crippen molar-refractivity contribution in [2.24, 2.45) is 5.73 Å². The summed E-state index contributed by atoms with van der Waals surface area (Å²) in [4.78, 5) is 4.05. The van der Waals surface area contributed by atoms with Gasteiger partial charge in [-0.2, -0.15) is 0 Å². The Morgan fingerprint density at radius 2 is 2.25 bits per heavy atom. The lowest BCUT2D eigenvalue weighted by atomic mass is 10.2. The zero-order valence-electron chi connectivity index (χ0n) is 7.11. The van der Waals surface area contributed by atoms with Crippen LogP contribution in [0.1, 0.15) is 17.5 Å². The number of nitrogens with two attached hydrogens (primary N) is 1. The molecule has 0 spiro atoms. The monoisotopic (exact) mass is 168 g/mol. The van der Waals surface area contributed by atoms with Gasteiger partial charge in [-0.25, -0.2) is 4.98 Å². The van der Waals surface area contributed by atoms with Crippen LogP contribution in [0, 0.1) is 6.92 Å². The van der Waals surface area contributed by atoms with Gasteiger partial charge in [-0.05, 0) is 13.0 Å². The van der Waals surface area contributed by atoms with E-state index in [9.17, 15) is 0 Å². The number of hydrogen-bond donors (Lipinski definition) is 2. The second kappa shape index (κ2) is 3.51. The Bertz CT molecular complexity index is 274. The van der Waals surface area contributed by atoms with Gasteiger partial charge in [0.1, 0.15) is 6.23 Å². The summed E-state index contributed by atoms with van der Waals surface area (Å²) in [7, 11) is 1.52. The van der Waals surface area contributed by atoms with E-state index < -0.39 is 6.23 Å². The van der Waals surface area contributed by atoms with Gasteiger partial charge in [0.2, 0.25) is 5.88 Å². The largest absolute Gasteiger partial charge is 0.481 e. The number of methoxy groups -OCH3 is 1. The normalized spacial score (nSPS) is 12.7. The van der Waals surface area contributed by atoms with E-state index in [1.54, 1.807) is 12.1 Å². The van der Waals surface area contributed by atoms with E-state index in [1.807, 2.05) is 6.92 Å². The minimum absolute atomic E-state index is 0.467. The summed E-state index contributed by atoms with van der Waals surface area (Å²) in [5.41, 5.74) is 6.66. The highest BCUT2D eigenvalue weighted by Gasteiger charge is 2.04. The van der Waals surface area contributed by atoms with Crippen LogP contribution in [0.4, 0.5) is 0 Å². The molecule has 0 radical (unpaired) electrons. The number of ether oxygens (including phenoxy) is 1.